The van der Waals surface area contributed by atoms with Crippen molar-refractivity contribution in [2.45, 2.75) is 117 Å². The van der Waals surface area contributed by atoms with Crippen LogP contribution < -0.4 is 10.6 Å². The highest BCUT2D eigenvalue weighted by Gasteiger charge is 2.25. The second-order valence-corrected chi connectivity index (χ2v) is 7.65. The topological polar surface area (TPSA) is 58.2 Å². The van der Waals surface area contributed by atoms with Gasteiger partial charge in [-0.15, -0.1) is 0 Å². The van der Waals surface area contributed by atoms with Gasteiger partial charge in [0.15, 0.2) is 0 Å². The third-order valence-electron chi connectivity index (χ3n) is 5.15. The second kappa shape index (κ2) is 17.4. The molecule has 0 heterocycles. The molecular weight excluding hydrogens is 324 g/mol. The molecule has 0 saturated heterocycles. The van der Waals surface area contributed by atoms with Gasteiger partial charge in [-0.25, -0.2) is 0 Å². The van der Waals surface area contributed by atoms with Gasteiger partial charge in [-0.05, 0) is 18.8 Å². The minimum absolute atomic E-state index is 0.0175. The van der Waals surface area contributed by atoms with Crippen molar-refractivity contribution in [3.63, 3.8) is 0 Å². The highest BCUT2D eigenvalue weighted by Crippen LogP contribution is 2.12. The molecule has 154 valence electrons. The first-order valence-corrected chi connectivity index (χ1v) is 11.1. The third kappa shape index (κ3) is 13.2. The Bertz CT molecular complexity index is 358. The van der Waals surface area contributed by atoms with Gasteiger partial charge in [-0.3, -0.25) is 9.59 Å². The summed E-state index contributed by atoms with van der Waals surface area (Å²) in [5.74, 6) is 0.140. The van der Waals surface area contributed by atoms with Gasteiger partial charge >= 0.3 is 0 Å². The van der Waals surface area contributed by atoms with Crippen LogP contribution in [0.3, 0.4) is 0 Å². The number of unbranched alkanes of at least 4 members (excludes halogenated alkanes) is 9. The van der Waals surface area contributed by atoms with Crippen molar-refractivity contribution >= 4 is 11.8 Å². The van der Waals surface area contributed by atoms with Crippen LogP contribution in [-0.4, -0.2) is 24.4 Å². The second-order valence-electron chi connectivity index (χ2n) is 7.65. The minimum Gasteiger partial charge on any atom is -0.354 e. The molecule has 2 N–H and O–H groups in total. The molecule has 26 heavy (non-hydrogen) atoms. The average Bonchev–Trinajstić information content (AvgIpc) is 2.64. The zero-order valence-electron chi connectivity index (χ0n) is 17.9. The minimum atomic E-state index is -0.400. The molecule has 0 aromatic rings. The van der Waals surface area contributed by atoms with Gasteiger partial charge in [-0.1, -0.05) is 91.9 Å². The largest absolute Gasteiger partial charge is 0.354 e. The molecule has 0 aromatic carbocycles. The molecule has 0 aliphatic carbocycles. The molecule has 0 spiro atoms. The van der Waals surface area contributed by atoms with E-state index in [-0.39, 0.29) is 17.7 Å². The molecule has 4 heteroatoms. The third-order valence-corrected chi connectivity index (χ3v) is 5.15. The average molecular weight is 369 g/mol. The summed E-state index contributed by atoms with van der Waals surface area (Å²) < 4.78 is 0. The molecule has 2 atom stereocenters. The highest BCUT2D eigenvalue weighted by atomic mass is 16.2. The Hall–Kier alpha value is -1.06. The van der Waals surface area contributed by atoms with Crippen LogP contribution in [0.25, 0.3) is 0 Å². The summed E-state index contributed by atoms with van der Waals surface area (Å²) in [7, 11) is 0. The molecule has 0 unspecified atom stereocenters. The van der Waals surface area contributed by atoms with Gasteiger partial charge in [0, 0.05) is 13.0 Å². The van der Waals surface area contributed by atoms with Crippen LogP contribution in [0.1, 0.15) is 111 Å². The first-order chi connectivity index (χ1) is 12.6. The number of rotatable bonds is 17. The maximum atomic E-state index is 12.4. The first kappa shape index (κ1) is 24.9. The van der Waals surface area contributed by atoms with Gasteiger partial charge in [0.25, 0.3) is 0 Å². The van der Waals surface area contributed by atoms with Crippen molar-refractivity contribution in [2.24, 2.45) is 5.92 Å². The van der Waals surface area contributed by atoms with E-state index in [2.05, 4.69) is 31.4 Å². The summed E-state index contributed by atoms with van der Waals surface area (Å²) in [6.45, 7) is 9.12. The van der Waals surface area contributed by atoms with Crippen LogP contribution in [0.15, 0.2) is 0 Å². The Morgan fingerprint density at radius 3 is 1.85 bits per heavy atom. The molecule has 0 fully saturated rings. The smallest absolute Gasteiger partial charge is 0.242 e. The van der Waals surface area contributed by atoms with E-state index in [1.165, 1.54) is 44.9 Å². The molecular formula is C22H44N2O2. The molecule has 0 aliphatic heterocycles. The summed E-state index contributed by atoms with van der Waals surface area (Å²) >= 11 is 0. The van der Waals surface area contributed by atoms with Gasteiger partial charge in [0.1, 0.15) is 6.04 Å². The summed E-state index contributed by atoms with van der Waals surface area (Å²) in [5, 5.41) is 5.92. The van der Waals surface area contributed by atoms with Crippen LogP contribution in [0.5, 0.6) is 0 Å². The SMILES string of the molecule is CCCCCCCCCCCC(=O)N[C@H](C(=O)NCCCC)[C@@H](C)CC. The van der Waals surface area contributed by atoms with E-state index in [0.29, 0.717) is 13.0 Å². The van der Waals surface area contributed by atoms with Crippen LogP contribution in [-0.2, 0) is 9.59 Å². The van der Waals surface area contributed by atoms with Crippen LogP contribution >= 0.6 is 0 Å². The number of carbonyl (C=O) groups is 2. The van der Waals surface area contributed by atoms with Crippen LogP contribution in [0.4, 0.5) is 0 Å². The van der Waals surface area contributed by atoms with E-state index in [4.69, 9.17) is 0 Å². The zero-order chi connectivity index (χ0) is 19.6. The molecule has 2 amide bonds. The predicted octanol–water partition coefficient (Wildman–Crippen LogP) is 5.35. The standard InChI is InChI=1S/C22H44N2O2/c1-5-8-10-11-12-13-14-15-16-17-20(25)24-21(19(4)7-3)22(26)23-18-9-6-2/h19,21H,5-18H2,1-4H3,(H,23,26)(H,24,25)/t19-,21-/m0/s1. The van der Waals surface area contributed by atoms with Crippen molar-refractivity contribution < 1.29 is 9.59 Å². The number of nitrogens with one attached hydrogen (secondary N) is 2. The van der Waals surface area contributed by atoms with E-state index in [1.807, 2.05) is 6.92 Å². The lowest BCUT2D eigenvalue weighted by Gasteiger charge is -2.23. The van der Waals surface area contributed by atoms with E-state index >= 15 is 0 Å². The predicted molar refractivity (Wildman–Crippen MR) is 111 cm³/mol. The molecule has 0 aromatic heterocycles. The Kier molecular flexibility index (Phi) is 16.7. The van der Waals surface area contributed by atoms with Crippen molar-refractivity contribution in [2.75, 3.05) is 6.54 Å². The van der Waals surface area contributed by atoms with E-state index < -0.39 is 6.04 Å². The van der Waals surface area contributed by atoms with Gasteiger partial charge < -0.3 is 10.6 Å². The Morgan fingerprint density at radius 1 is 0.769 bits per heavy atom. The van der Waals surface area contributed by atoms with Crippen molar-refractivity contribution in [1.29, 1.82) is 0 Å². The number of amides is 2. The van der Waals surface area contributed by atoms with Crippen LogP contribution in [0, 0.1) is 5.92 Å². The lowest BCUT2D eigenvalue weighted by molar-refractivity contribution is -0.130. The lowest BCUT2D eigenvalue weighted by Crippen LogP contribution is -2.50. The fourth-order valence-corrected chi connectivity index (χ4v) is 3.04. The van der Waals surface area contributed by atoms with E-state index in [1.54, 1.807) is 0 Å². The summed E-state index contributed by atoms with van der Waals surface area (Å²) in [5.41, 5.74) is 0. The molecule has 0 saturated carbocycles. The monoisotopic (exact) mass is 368 g/mol. The molecule has 0 rings (SSSR count). The van der Waals surface area contributed by atoms with Crippen molar-refractivity contribution in [1.82, 2.24) is 10.6 Å². The number of carbonyl (C=O) groups excluding carboxylic acids is 2. The fourth-order valence-electron chi connectivity index (χ4n) is 3.04. The number of hydrogen-bond donors (Lipinski definition) is 2. The zero-order valence-corrected chi connectivity index (χ0v) is 17.9. The quantitative estimate of drug-likeness (QED) is 0.340. The van der Waals surface area contributed by atoms with Crippen LogP contribution in [0.2, 0.25) is 0 Å². The van der Waals surface area contributed by atoms with E-state index in [0.717, 1.165) is 32.1 Å². The maximum absolute atomic E-state index is 12.4. The lowest BCUT2D eigenvalue weighted by atomic mass is 9.98. The molecule has 0 aliphatic rings. The summed E-state index contributed by atoms with van der Waals surface area (Å²) in [4.78, 5) is 24.6. The fraction of sp³-hybridized carbons (Fsp3) is 0.909. The van der Waals surface area contributed by atoms with Crippen molar-refractivity contribution in [3.8, 4) is 0 Å². The maximum Gasteiger partial charge on any atom is 0.242 e. The van der Waals surface area contributed by atoms with Gasteiger partial charge in [0.05, 0.1) is 0 Å². The Morgan fingerprint density at radius 2 is 1.31 bits per heavy atom. The van der Waals surface area contributed by atoms with Gasteiger partial charge in [0.2, 0.25) is 11.8 Å². The molecule has 0 bridgehead atoms. The normalized spacial score (nSPS) is 13.2. The molecule has 4 nitrogen and oxygen atoms in total. The molecule has 0 radical (unpaired) electrons. The first-order valence-electron chi connectivity index (χ1n) is 11.1. The Labute approximate surface area is 162 Å². The Balaban J connectivity index is 3.97. The van der Waals surface area contributed by atoms with Gasteiger partial charge in [-0.2, -0.15) is 0 Å². The summed E-state index contributed by atoms with van der Waals surface area (Å²) in [6.07, 6.45) is 14.6. The summed E-state index contributed by atoms with van der Waals surface area (Å²) in [6, 6.07) is -0.400. The van der Waals surface area contributed by atoms with Crippen molar-refractivity contribution in [3.05, 3.63) is 0 Å². The van der Waals surface area contributed by atoms with E-state index in [9.17, 15) is 9.59 Å². The number of hydrogen-bond acceptors (Lipinski definition) is 2. The highest BCUT2D eigenvalue weighted by molar-refractivity contribution is 5.87.